The summed E-state index contributed by atoms with van der Waals surface area (Å²) in [4.78, 5) is 25.9. The van der Waals surface area contributed by atoms with E-state index in [0.29, 0.717) is 11.1 Å². The Hall–Kier alpha value is -3.88. The van der Waals surface area contributed by atoms with E-state index >= 15 is 0 Å². The molecule has 9 heteroatoms. The Bertz CT molecular complexity index is 1040. The fraction of sp³-hybridized carbons (Fsp3) is 0.111. The third-order valence-electron chi connectivity index (χ3n) is 3.74. The lowest BCUT2D eigenvalue weighted by Gasteiger charge is -2.06. The molecule has 0 atom stereocenters. The number of phenols is 1. The van der Waals surface area contributed by atoms with Crippen molar-refractivity contribution in [3.05, 3.63) is 58.0 Å². The molecule has 0 aliphatic carbocycles. The van der Waals surface area contributed by atoms with Crippen LogP contribution in [0.5, 0.6) is 11.5 Å². The lowest BCUT2D eigenvalue weighted by molar-refractivity contribution is -0.386. The van der Waals surface area contributed by atoms with Crippen molar-refractivity contribution >= 4 is 34.4 Å². The van der Waals surface area contributed by atoms with Crippen molar-refractivity contribution in [3.63, 3.8) is 0 Å². The molecule has 0 saturated heterocycles. The molecule has 0 aliphatic heterocycles. The molecule has 3 aromatic rings. The molecule has 3 rings (SSSR count). The number of aromatic nitrogens is 1. The van der Waals surface area contributed by atoms with Gasteiger partial charge in [-0.2, -0.15) is 0 Å². The minimum atomic E-state index is -1.12. The molecule has 0 unspecified atom stereocenters. The van der Waals surface area contributed by atoms with E-state index in [2.05, 4.69) is 4.98 Å². The predicted octanol–water partition coefficient (Wildman–Crippen LogP) is 3.47. The predicted molar refractivity (Wildman–Crippen MR) is 95.4 cm³/mol. The zero-order valence-electron chi connectivity index (χ0n) is 14.1. The van der Waals surface area contributed by atoms with Crippen LogP contribution in [-0.2, 0) is 4.79 Å². The van der Waals surface area contributed by atoms with Crippen molar-refractivity contribution in [1.82, 2.24) is 4.98 Å². The summed E-state index contributed by atoms with van der Waals surface area (Å²) < 4.78 is 10.6. The van der Waals surface area contributed by atoms with E-state index in [1.54, 1.807) is 24.3 Å². The summed E-state index contributed by atoms with van der Waals surface area (Å²) >= 11 is 0. The van der Waals surface area contributed by atoms with Crippen LogP contribution in [0, 0.1) is 10.1 Å². The second-order valence-electron chi connectivity index (χ2n) is 5.57. The number of para-hydroxylation sites is 2. The van der Waals surface area contributed by atoms with Gasteiger partial charge in [-0.1, -0.05) is 12.1 Å². The average Bonchev–Trinajstić information content (AvgIpc) is 3.06. The molecule has 9 nitrogen and oxygen atoms in total. The number of nitro benzene ring substituents is 1. The van der Waals surface area contributed by atoms with Crippen molar-refractivity contribution in [2.75, 3.05) is 7.11 Å². The summed E-state index contributed by atoms with van der Waals surface area (Å²) in [7, 11) is 1.26. The second-order valence-corrected chi connectivity index (χ2v) is 5.57. The van der Waals surface area contributed by atoms with Crippen LogP contribution < -0.4 is 4.74 Å². The number of phenolic OH excluding ortho intramolecular Hbond substituents is 1. The molecule has 0 radical (unpaired) electrons. The van der Waals surface area contributed by atoms with E-state index in [9.17, 15) is 25.1 Å². The van der Waals surface area contributed by atoms with Gasteiger partial charge in [0.15, 0.2) is 11.3 Å². The number of fused-ring (bicyclic) bond motifs is 1. The van der Waals surface area contributed by atoms with Gasteiger partial charge in [-0.15, -0.1) is 0 Å². The number of nitro groups is 1. The van der Waals surface area contributed by atoms with Gasteiger partial charge < -0.3 is 19.4 Å². The number of carbonyl (C=O) groups is 1. The molecular formula is C18H14N2O7. The number of hydrogen-bond donors (Lipinski definition) is 2. The zero-order valence-corrected chi connectivity index (χ0v) is 14.1. The normalized spacial score (nSPS) is 11.5. The fourth-order valence-corrected chi connectivity index (χ4v) is 2.55. The number of aliphatic carboxylic acids is 1. The summed E-state index contributed by atoms with van der Waals surface area (Å²) in [6.07, 6.45) is 0.984. The van der Waals surface area contributed by atoms with Crippen molar-refractivity contribution in [2.45, 2.75) is 6.42 Å². The molecule has 0 amide bonds. The molecule has 0 saturated carbocycles. The quantitative estimate of drug-likeness (QED) is 0.497. The van der Waals surface area contributed by atoms with Gasteiger partial charge in [-0.25, -0.2) is 4.98 Å². The maximum absolute atomic E-state index is 11.3. The molecule has 0 bridgehead atoms. The molecule has 138 valence electrons. The first-order chi connectivity index (χ1) is 12.9. The highest BCUT2D eigenvalue weighted by Crippen LogP contribution is 2.38. The van der Waals surface area contributed by atoms with Crippen LogP contribution in [0.2, 0.25) is 0 Å². The Morgan fingerprint density at radius 2 is 2.11 bits per heavy atom. The standard InChI is InChI=1S/C18H14N2O7/c1-26-15-8-10(7-13(17(15)23)20(24)25)6-11(9-16(21)22)18-19-12-4-2-3-5-14(12)27-18/h2-8,23H,9H2,1H3,(H,21,22)/b11-6+. The third kappa shape index (κ3) is 3.71. The highest BCUT2D eigenvalue weighted by atomic mass is 16.6. The van der Waals surface area contributed by atoms with Gasteiger partial charge in [0.2, 0.25) is 11.6 Å². The maximum Gasteiger partial charge on any atom is 0.315 e. The Morgan fingerprint density at radius 1 is 1.37 bits per heavy atom. The van der Waals surface area contributed by atoms with Crippen LogP contribution in [0.4, 0.5) is 5.69 Å². The molecule has 1 aromatic heterocycles. The van der Waals surface area contributed by atoms with Crippen molar-refractivity contribution in [1.29, 1.82) is 0 Å². The van der Waals surface area contributed by atoms with Crippen molar-refractivity contribution in [2.24, 2.45) is 0 Å². The average molecular weight is 370 g/mol. The number of hydrogen-bond acceptors (Lipinski definition) is 7. The summed E-state index contributed by atoms with van der Waals surface area (Å²) in [6, 6.07) is 9.40. The Kier molecular flexibility index (Phi) is 4.75. The van der Waals surface area contributed by atoms with Crippen LogP contribution >= 0.6 is 0 Å². The van der Waals surface area contributed by atoms with Gasteiger partial charge in [0, 0.05) is 11.6 Å². The Morgan fingerprint density at radius 3 is 2.74 bits per heavy atom. The third-order valence-corrected chi connectivity index (χ3v) is 3.74. The number of oxazole rings is 1. The van der Waals surface area contributed by atoms with Gasteiger partial charge in [0.25, 0.3) is 0 Å². The van der Waals surface area contributed by atoms with Crippen LogP contribution in [0.3, 0.4) is 0 Å². The van der Waals surface area contributed by atoms with Crippen LogP contribution in [0.15, 0.2) is 40.8 Å². The molecule has 0 aliphatic rings. The fourth-order valence-electron chi connectivity index (χ4n) is 2.55. The monoisotopic (exact) mass is 370 g/mol. The molecular weight excluding hydrogens is 356 g/mol. The van der Waals surface area contributed by atoms with E-state index < -0.39 is 28.8 Å². The lowest BCUT2D eigenvalue weighted by Crippen LogP contribution is -1.98. The van der Waals surface area contributed by atoms with Gasteiger partial charge in [-0.3, -0.25) is 14.9 Å². The van der Waals surface area contributed by atoms with Gasteiger partial charge in [0.05, 0.1) is 18.5 Å². The molecule has 0 spiro atoms. The van der Waals surface area contributed by atoms with Crippen molar-refractivity contribution < 1.29 is 29.1 Å². The van der Waals surface area contributed by atoms with Gasteiger partial charge in [0.1, 0.15) is 5.52 Å². The summed E-state index contributed by atoms with van der Waals surface area (Å²) in [5.41, 5.74) is 0.944. The largest absolute Gasteiger partial charge is 0.500 e. The van der Waals surface area contributed by atoms with Crippen LogP contribution in [0.1, 0.15) is 17.9 Å². The number of aromatic hydroxyl groups is 1. The number of nitrogens with zero attached hydrogens (tertiary/aromatic N) is 2. The summed E-state index contributed by atoms with van der Waals surface area (Å²) in [5, 5.41) is 30.2. The van der Waals surface area contributed by atoms with Crippen LogP contribution in [-0.4, -0.2) is 33.2 Å². The number of rotatable bonds is 6. The minimum Gasteiger partial charge on any atom is -0.500 e. The SMILES string of the molecule is COc1cc(/C=C(\CC(=O)O)c2nc3ccccc3o2)cc([N+](=O)[O-])c1O. The Labute approximate surface area is 152 Å². The number of carboxylic acid groups (broad SMARTS) is 1. The summed E-state index contributed by atoms with van der Waals surface area (Å²) in [5.74, 6) is -1.75. The topological polar surface area (TPSA) is 136 Å². The van der Waals surface area contributed by atoms with Gasteiger partial charge >= 0.3 is 11.7 Å². The molecule has 1 heterocycles. The molecule has 2 N–H and O–H groups in total. The van der Waals surface area contributed by atoms with Crippen molar-refractivity contribution in [3.8, 4) is 11.5 Å². The lowest BCUT2D eigenvalue weighted by atomic mass is 10.1. The first-order valence-electron chi connectivity index (χ1n) is 7.72. The van der Waals surface area contributed by atoms with E-state index in [1.807, 2.05) is 0 Å². The minimum absolute atomic E-state index is 0.0910. The highest BCUT2D eigenvalue weighted by molar-refractivity contribution is 5.91. The molecule has 2 aromatic carbocycles. The Balaban J connectivity index is 2.15. The maximum atomic E-state index is 11.3. The number of benzene rings is 2. The first-order valence-corrected chi connectivity index (χ1v) is 7.72. The number of methoxy groups -OCH3 is 1. The van der Waals surface area contributed by atoms with E-state index in [4.69, 9.17) is 9.15 Å². The van der Waals surface area contributed by atoms with Crippen LogP contribution in [0.25, 0.3) is 22.7 Å². The number of carboxylic acids is 1. The highest BCUT2D eigenvalue weighted by Gasteiger charge is 2.21. The smallest absolute Gasteiger partial charge is 0.315 e. The number of ether oxygens (including phenoxy) is 1. The van der Waals surface area contributed by atoms with E-state index in [1.165, 1.54) is 19.3 Å². The summed E-state index contributed by atoms with van der Waals surface area (Å²) in [6.45, 7) is 0. The molecule has 27 heavy (non-hydrogen) atoms. The first kappa shape index (κ1) is 17.9. The van der Waals surface area contributed by atoms with E-state index in [0.717, 1.165) is 6.07 Å². The van der Waals surface area contributed by atoms with E-state index in [-0.39, 0.29) is 22.8 Å². The molecule has 0 fully saturated rings. The van der Waals surface area contributed by atoms with Gasteiger partial charge in [-0.05, 0) is 29.8 Å². The zero-order chi connectivity index (χ0) is 19.6. The second kappa shape index (κ2) is 7.16.